The lowest BCUT2D eigenvalue weighted by Gasteiger charge is -2.21. The number of carbonyl (C=O) groups is 1. The number of aliphatic hydroxyl groups excluding tert-OH is 1. The smallest absolute Gasteiger partial charge is 0.255 e. The van der Waals surface area contributed by atoms with Crippen molar-refractivity contribution >= 4 is 22.6 Å². The standard InChI is InChI=1S/C19H25N3O2/c1-14(7-6-12-23)20-19(24)16-13-15-8-2-3-9-17(15)21-18(16)22-10-4-5-11-22/h2-3,8-9,13-14,23H,4-7,10-12H2,1H3,(H,20,24). The van der Waals surface area contributed by atoms with Gasteiger partial charge in [0.25, 0.3) is 5.91 Å². The Morgan fingerprint density at radius 3 is 2.83 bits per heavy atom. The Balaban J connectivity index is 1.91. The van der Waals surface area contributed by atoms with Crippen molar-refractivity contribution in [2.24, 2.45) is 0 Å². The number of pyridine rings is 1. The largest absolute Gasteiger partial charge is 0.396 e. The van der Waals surface area contributed by atoms with Crippen LogP contribution in [0.3, 0.4) is 0 Å². The van der Waals surface area contributed by atoms with Gasteiger partial charge in [-0.15, -0.1) is 0 Å². The molecule has 2 heterocycles. The van der Waals surface area contributed by atoms with E-state index >= 15 is 0 Å². The zero-order valence-electron chi connectivity index (χ0n) is 14.2. The Morgan fingerprint density at radius 1 is 1.33 bits per heavy atom. The summed E-state index contributed by atoms with van der Waals surface area (Å²) in [6, 6.07) is 9.89. The number of rotatable bonds is 6. The van der Waals surface area contributed by atoms with Gasteiger partial charge in [0.05, 0.1) is 11.1 Å². The molecular formula is C19H25N3O2. The van der Waals surface area contributed by atoms with Crippen LogP contribution in [-0.4, -0.2) is 41.7 Å². The summed E-state index contributed by atoms with van der Waals surface area (Å²) in [5, 5.41) is 13.0. The topological polar surface area (TPSA) is 65.5 Å². The van der Waals surface area contributed by atoms with E-state index in [-0.39, 0.29) is 18.6 Å². The SMILES string of the molecule is CC(CCCO)NC(=O)c1cc2ccccc2nc1N1CCCC1. The highest BCUT2D eigenvalue weighted by atomic mass is 16.3. The van der Waals surface area contributed by atoms with Crippen molar-refractivity contribution < 1.29 is 9.90 Å². The maximum atomic E-state index is 12.8. The quantitative estimate of drug-likeness (QED) is 0.856. The minimum absolute atomic E-state index is 0.0301. The van der Waals surface area contributed by atoms with E-state index in [2.05, 4.69) is 10.2 Å². The number of anilines is 1. The van der Waals surface area contributed by atoms with Crippen LogP contribution in [0.1, 0.15) is 43.0 Å². The lowest BCUT2D eigenvalue weighted by molar-refractivity contribution is 0.0937. The molecule has 5 heteroatoms. The van der Waals surface area contributed by atoms with Crippen molar-refractivity contribution in [1.82, 2.24) is 10.3 Å². The van der Waals surface area contributed by atoms with Crippen LogP contribution in [0.4, 0.5) is 5.82 Å². The molecule has 1 unspecified atom stereocenters. The van der Waals surface area contributed by atoms with Gasteiger partial charge in [-0.25, -0.2) is 4.98 Å². The van der Waals surface area contributed by atoms with Crippen LogP contribution in [0.25, 0.3) is 10.9 Å². The Bertz CT molecular complexity index is 711. The first-order chi connectivity index (χ1) is 11.7. The number of aromatic nitrogens is 1. The Kier molecular flexibility index (Phi) is 5.30. The summed E-state index contributed by atoms with van der Waals surface area (Å²) in [5.74, 6) is 0.707. The van der Waals surface area contributed by atoms with E-state index in [4.69, 9.17) is 10.1 Å². The summed E-state index contributed by atoms with van der Waals surface area (Å²) >= 11 is 0. The van der Waals surface area contributed by atoms with Gasteiger partial charge in [-0.2, -0.15) is 0 Å². The van der Waals surface area contributed by atoms with Crippen molar-refractivity contribution in [2.75, 3.05) is 24.6 Å². The number of amides is 1. The van der Waals surface area contributed by atoms with Crippen LogP contribution in [0.15, 0.2) is 30.3 Å². The Hall–Kier alpha value is -2.14. The van der Waals surface area contributed by atoms with Gasteiger partial charge >= 0.3 is 0 Å². The number of nitrogens with one attached hydrogen (secondary N) is 1. The Labute approximate surface area is 142 Å². The van der Waals surface area contributed by atoms with Crippen molar-refractivity contribution in [2.45, 2.75) is 38.6 Å². The lowest BCUT2D eigenvalue weighted by atomic mass is 10.1. The molecule has 1 aliphatic heterocycles. The fourth-order valence-corrected chi connectivity index (χ4v) is 3.21. The van der Waals surface area contributed by atoms with Gasteiger partial charge in [-0.05, 0) is 44.7 Å². The van der Waals surface area contributed by atoms with Crippen LogP contribution in [0.5, 0.6) is 0 Å². The molecule has 3 rings (SSSR count). The molecule has 0 aliphatic carbocycles. The molecule has 1 aromatic carbocycles. The second-order valence-corrected chi connectivity index (χ2v) is 6.49. The second-order valence-electron chi connectivity index (χ2n) is 6.49. The highest BCUT2D eigenvalue weighted by Crippen LogP contribution is 2.26. The van der Waals surface area contributed by atoms with E-state index in [0.717, 1.165) is 49.1 Å². The lowest BCUT2D eigenvalue weighted by Crippen LogP contribution is -2.34. The van der Waals surface area contributed by atoms with Crippen molar-refractivity contribution in [3.63, 3.8) is 0 Å². The predicted octanol–water partition coefficient (Wildman–Crippen LogP) is 2.73. The Morgan fingerprint density at radius 2 is 2.08 bits per heavy atom. The fraction of sp³-hybridized carbons (Fsp3) is 0.474. The zero-order valence-corrected chi connectivity index (χ0v) is 14.2. The summed E-state index contributed by atoms with van der Waals surface area (Å²) in [5.41, 5.74) is 1.57. The number of aliphatic hydroxyl groups is 1. The molecule has 1 amide bonds. The first-order valence-corrected chi connectivity index (χ1v) is 8.75. The van der Waals surface area contributed by atoms with Crippen molar-refractivity contribution in [3.05, 3.63) is 35.9 Å². The average molecular weight is 327 g/mol. The number of fused-ring (bicyclic) bond motifs is 1. The molecule has 2 N–H and O–H groups in total. The van der Waals surface area contributed by atoms with E-state index in [1.807, 2.05) is 37.3 Å². The molecule has 0 saturated carbocycles. The van der Waals surface area contributed by atoms with Gasteiger partial charge < -0.3 is 15.3 Å². The van der Waals surface area contributed by atoms with Gasteiger partial charge in [-0.3, -0.25) is 4.79 Å². The summed E-state index contributed by atoms with van der Waals surface area (Å²) in [7, 11) is 0. The van der Waals surface area contributed by atoms with Crippen LogP contribution in [0, 0.1) is 0 Å². The first kappa shape index (κ1) is 16.7. The molecule has 2 aromatic rings. The predicted molar refractivity (Wildman–Crippen MR) is 96.4 cm³/mol. The van der Waals surface area contributed by atoms with E-state index in [1.165, 1.54) is 0 Å². The van der Waals surface area contributed by atoms with Crippen LogP contribution in [-0.2, 0) is 0 Å². The number of benzene rings is 1. The third-order valence-electron chi connectivity index (χ3n) is 4.53. The van der Waals surface area contributed by atoms with Crippen molar-refractivity contribution in [3.8, 4) is 0 Å². The molecule has 5 nitrogen and oxygen atoms in total. The number of para-hydroxylation sites is 1. The van der Waals surface area contributed by atoms with Crippen molar-refractivity contribution in [1.29, 1.82) is 0 Å². The van der Waals surface area contributed by atoms with Gasteiger partial charge in [0.1, 0.15) is 5.82 Å². The molecular weight excluding hydrogens is 302 g/mol. The maximum Gasteiger partial charge on any atom is 0.255 e. The molecule has 1 saturated heterocycles. The average Bonchev–Trinajstić information content (AvgIpc) is 3.13. The normalized spacial score (nSPS) is 15.7. The molecule has 1 atom stereocenters. The summed E-state index contributed by atoms with van der Waals surface area (Å²) < 4.78 is 0. The van der Waals surface area contributed by atoms with E-state index in [1.54, 1.807) is 0 Å². The molecule has 1 aliphatic rings. The number of hydrogen-bond acceptors (Lipinski definition) is 4. The van der Waals surface area contributed by atoms with E-state index in [9.17, 15) is 4.79 Å². The second kappa shape index (κ2) is 7.62. The number of carbonyl (C=O) groups excluding carboxylic acids is 1. The fourth-order valence-electron chi connectivity index (χ4n) is 3.21. The van der Waals surface area contributed by atoms with E-state index < -0.39 is 0 Å². The third-order valence-corrected chi connectivity index (χ3v) is 4.53. The van der Waals surface area contributed by atoms with Crippen LogP contribution >= 0.6 is 0 Å². The summed E-state index contributed by atoms with van der Waals surface area (Å²) in [4.78, 5) is 19.8. The van der Waals surface area contributed by atoms with E-state index in [0.29, 0.717) is 12.0 Å². The van der Waals surface area contributed by atoms with Gasteiger partial charge in [-0.1, -0.05) is 18.2 Å². The van der Waals surface area contributed by atoms with Crippen LogP contribution in [0.2, 0.25) is 0 Å². The monoisotopic (exact) mass is 327 g/mol. The molecule has 0 radical (unpaired) electrons. The minimum atomic E-state index is -0.0828. The molecule has 24 heavy (non-hydrogen) atoms. The first-order valence-electron chi connectivity index (χ1n) is 8.75. The summed E-state index contributed by atoms with van der Waals surface area (Å²) in [6.45, 7) is 4.02. The number of hydrogen-bond donors (Lipinski definition) is 2. The minimum Gasteiger partial charge on any atom is -0.396 e. The van der Waals surface area contributed by atoms with Crippen LogP contribution < -0.4 is 10.2 Å². The van der Waals surface area contributed by atoms with Gasteiger partial charge in [0.15, 0.2) is 0 Å². The number of nitrogens with zero attached hydrogens (tertiary/aromatic N) is 2. The highest BCUT2D eigenvalue weighted by molar-refractivity contribution is 6.02. The third kappa shape index (κ3) is 3.67. The zero-order chi connectivity index (χ0) is 16.9. The highest BCUT2D eigenvalue weighted by Gasteiger charge is 2.22. The molecule has 1 fully saturated rings. The molecule has 0 spiro atoms. The van der Waals surface area contributed by atoms with Gasteiger partial charge in [0, 0.05) is 31.1 Å². The van der Waals surface area contributed by atoms with Gasteiger partial charge in [0.2, 0.25) is 0 Å². The maximum absolute atomic E-state index is 12.8. The molecule has 0 bridgehead atoms. The molecule has 1 aromatic heterocycles. The summed E-state index contributed by atoms with van der Waals surface area (Å²) in [6.07, 6.45) is 3.74. The molecule has 128 valence electrons.